The van der Waals surface area contributed by atoms with Gasteiger partial charge >= 0.3 is 0 Å². The maximum atomic E-state index is 10.8. The summed E-state index contributed by atoms with van der Waals surface area (Å²) in [6.07, 6.45) is 2.81. The van der Waals surface area contributed by atoms with E-state index in [0.29, 0.717) is 18.6 Å². The fourth-order valence-corrected chi connectivity index (χ4v) is 2.50. The van der Waals surface area contributed by atoms with Crippen LogP contribution in [0.2, 0.25) is 0 Å². The predicted octanol–water partition coefficient (Wildman–Crippen LogP) is 3.69. The molecule has 0 saturated heterocycles. The third-order valence-electron chi connectivity index (χ3n) is 3.66. The van der Waals surface area contributed by atoms with E-state index in [4.69, 9.17) is 9.47 Å². The first-order chi connectivity index (χ1) is 11.7. The monoisotopic (exact) mass is 327 g/mol. The van der Waals surface area contributed by atoms with Crippen LogP contribution in [0.15, 0.2) is 61.2 Å². The standard InChI is InChI=1S/C13H15NO4.C6H6/c1-3-4-9-6-12(17-2)7-10-5-11(14(15)16)8-18-13(9)10;1-2-4-6-5-3-1/h3,6-7,11H,1,4-5,8H2,2H3;1-6H. The summed E-state index contributed by atoms with van der Waals surface area (Å²) in [5.41, 5.74) is 1.79. The number of rotatable bonds is 4. The lowest BCUT2D eigenvalue weighted by molar-refractivity contribution is -0.525. The molecule has 2 aromatic carbocycles. The summed E-state index contributed by atoms with van der Waals surface area (Å²) in [4.78, 5) is 10.5. The third kappa shape index (κ3) is 4.59. The molecule has 5 heteroatoms. The summed E-state index contributed by atoms with van der Waals surface area (Å²) in [5, 5.41) is 10.8. The normalized spacial score (nSPS) is 15.1. The molecule has 0 aromatic heterocycles. The van der Waals surface area contributed by atoms with Gasteiger partial charge in [-0.3, -0.25) is 10.1 Å². The van der Waals surface area contributed by atoms with Crippen molar-refractivity contribution >= 4 is 0 Å². The van der Waals surface area contributed by atoms with E-state index in [1.165, 1.54) is 0 Å². The average Bonchev–Trinajstić information content (AvgIpc) is 2.63. The van der Waals surface area contributed by atoms with Gasteiger partial charge in [0.05, 0.1) is 7.11 Å². The summed E-state index contributed by atoms with van der Waals surface area (Å²) in [6.45, 7) is 3.82. The molecule has 24 heavy (non-hydrogen) atoms. The Morgan fingerprint density at radius 2 is 1.92 bits per heavy atom. The Morgan fingerprint density at radius 1 is 1.29 bits per heavy atom. The minimum atomic E-state index is -0.679. The molecule has 0 radical (unpaired) electrons. The van der Waals surface area contributed by atoms with Crippen LogP contribution in [0.25, 0.3) is 0 Å². The van der Waals surface area contributed by atoms with Crippen LogP contribution in [0.4, 0.5) is 0 Å². The van der Waals surface area contributed by atoms with Crippen molar-refractivity contribution in [2.45, 2.75) is 18.9 Å². The molecule has 1 atom stereocenters. The largest absolute Gasteiger partial charge is 0.497 e. The van der Waals surface area contributed by atoms with E-state index in [9.17, 15) is 10.1 Å². The molecule has 1 aliphatic heterocycles. The topological polar surface area (TPSA) is 61.6 Å². The molecular weight excluding hydrogens is 306 g/mol. The molecule has 5 nitrogen and oxygen atoms in total. The molecule has 2 aromatic rings. The van der Waals surface area contributed by atoms with E-state index in [-0.39, 0.29) is 11.5 Å². The van der Waals surface area contributed by atoms with E-state index in [1.54, 1.807) is 19.3 Å². The van der Waals surface area contributed by atoms with Gasteiger partial charge in [0.25, 0.3) is 6.04 Å². The number of hydrogen-bond acceptors (Lipinski definition) is 4. The van der Waals surface area contributed by atoms with E-state index < -0.39 is 6.04 Å². The number of allylic oxidation sites excluding steroid dienone is 1. The smallest absolute Gasteiger partial charge is 0.250 e. The maximum Gasteiger partial charge on any atom is 0.250 e. The number of ether oxygens (including phenoxy) is 2. The summed E-state index contributed by atoms with van der Waals surface area (Å²) in [5.74, 6) is 1.44. The van der Waals surface area contributed by atoms with Crippen molar-refractivity contribution in [1.29, 1.82) is 0 Å². The summed E-state index contributed by atoms with van der Waals surface area (Å²) in [6, 6.07) is 15.0. The highest BCUT2D eigenvalue weighted by Gasteiger charge is 2.30. The molecule has 0 spiro atoms. The van der Waals surface area contributed by atoms with Gasteiger partial charge in [-0.25, -0.2) is 0 Å². The van der Waals surface area contributed by atoms with Crippen molar-refractivity contribution in [2.24, 2.45) is 0 Å². The Hall–Kier alpha value is -2.82. The van der Waals surface area contributed by atoms with Crippen molar-refractivity contribution in [3.05, 3.63) is 82.4 Å². The highest BCUT2D eigenvalue weighted by Crippen LogP contribution is 2.34. The second-order valence-corrected chi connectivity index (χ2v) is 5.38. The third-order valence-corrected chi connectivity index (χ3v) is 3.66. The Morgan fingerprint density at radius 3 is 2.42 bits per heavy atom. The molecule has 126 valence electrons. The fourth-order valence-electron chi connectivity index (χ4n) is 2.50. The van der Waals surface area contributed by atoms with Gasteiger partial charge in [0.2, 0.25) is 0 Å². The van der Waals surface area contributed by atoms with Crippen molar-refractivity contribution in [1.82, 2.24) is 0 Å². The Kier molecular flexibility index (Phi) is 6.37. The maximum absolute atomic E-state index is 10.8. The van der Waals surface area contributed by atoms with E-state index >= 15 is 0 Å². The Bertz CT molecular complexity index is 659. The number of benzene rings is 2. The molecule has 0 bridgehead atoms. The Balaban J connectivity index is 0.000000292. The lowest BCUT2D eigenvalue weighted by Crippen LogP contribution is -2.33. The molecule has 0 fully saturated rings. The first kappa shape index (κ1) is 17.5. The summed E-state index contributed by atoms with van der Waals surface area (Å²) < 4.78 is 10.7. The SMILES string of the molecule is C=CCc1cc(OC)cc2c1OCC([N+](=O)[O-])C2.c1ccccc1. The fraction of sp³-hybridized carbons (Fsp3) is 0.263. The highest BCUT2D eigenvalue weighted by molar-refractivity contribution is 5.49. The lowest BCUT2D eigenvalue weighted by atomic mass is 9.98. The van der Waals surface area contributed by atoms with E-state index in [2.05, 4.69) is 6.58 Å². The number of methoxy groups -OCH3 is 1. The quantitative estimate of drug-likeness (QED) is 0.488. The second kappa shape index (κ2) is 8.72. The van der Waals surface area contributed by atoms with Crippen LogP contribution in [0.1, 0.15) is 11.1 Å². The van der Waals surface area contributed by atoms with Gasteiger partial charge in [-0.2, -0.15) is 0 Å². The molecule has 0 N–H and O–H groups in total. The van der Waals surface area contributed by atoms with Crippen LogP contribution in [0.3, 0.4) is 0 Å². The summed E-state index contributed by atoms with van der Waals surface area (Å²) >= 11 is 0. The van der Waals surface area contributed by atoms with Crippen LogP contribution in [-0.2, 0) is 12.8 Å². The lowest BCUT2D eigenvalue weighted by Gasteiger charge is -2.23. The molecule has 0 aliphatic carbocycles. The van der Waals surface area contributed by atoms with Crippen LogP contribution >= 0.6 is 0 Å². The molecular formula is C19H21NO4. The first-order valence-corrected chi connectivity index (χ1v) is 7.72. The van der Waals surface area contributed by atoms with Crippen LogP contribution in [0.5, 0.6) is 11.5 Å². The minimum absolute atomic E-state index is 0.121. The van der Waals surface area contributed by atoms with Gasteiger partial charge < -0.3 is 9.47 Å². The van der Waals surface area contributed by atoms with Gasteiger partial charge in [-0.05, 0) is 18.6 Å². The summed E-state index contributed by atoms with van der Waals surface area (Å²) in [7, 11) is 1.58. The average molecular weight is 327 g/mol. The van der Waals surface area contributed by atoms with Gasteiger partial charge in [0, 0.05) is 22.5 Å². The number of nitrogens with zero attached hydrogens (tertiary/aromatic N) is 1. The van der Waals surface area contributed by atoms with Crippen molar-refractivity contribution in [3.63, 3.8) is 0 Å². The highest BCUT2D eigenvalue weighted by atomic mass is 16.6. The van der Waals surface area contributed by atoms with Crippen molar-refractivity contribution in [2.75, 3.05) is 13.7 Å². The zero-order valence-corrected chi connectivity index (χ0v) is 13.7. The van der Waals surface area contributed by atoms with Gasteiger partial charge in [0.1, 0.15) is 11.5 Å². The molecule has 0 saturated carbocycles. The predicted molar refractivity (Wildman–Crippen MR) is 93.3 cm³/mol. The van der Waals surface area contributed by atoms with Gasteiger partial charge in [0.15, 0.2) is 6.61 Å². The van der Waals surface area contributed by atoms with Gasteiger partial charge in [-0.15, -0.1) is 6.58 Å². The molecule has 1 aliphatic rings. The molecule has 3 rings (SSSR count). The van der Waals surface area contributed by atoms with Crippen LogP contribution in [0, 0.1) is 10.1 Å². The molecule has 1 heterocycles. The van der Waals surface area contributed by atoms with E-state index in [0.717, 1.165) is 16.9 Å². The van der Waals surface area contributed by atoms with Crippen LogP contribution in [-0.4, -0.2) is 24.7 Å². The number of fused-ring (bicyclic) bond motifs is 1. The van der Waals surface area contributed by atoms with Crippen molar-refractivity contribution < 1.29 is 14.4 Å². The zero-order valence-electron chi connectivity index (χ0n) is 13.7. The van der Waals surface area contributed by atoms with E-state index in [1.807, 2.05) is 42.5 Å². The van der Waals surface area contributed by atoms with Gasteiger partial charge in [-0.1, -0.05) is 42.5 Å². The molecule has 1 unspecified atom stereocenters. The van der Waals surface area contributed by atoms with Crippen molar-refractivity contribution in [3.8, 4) is 11.5 Å². The first-order valence-electron chi connectivity index (χ1n) is 7.72. The minimum Gasteiger partial charge on any atom is -0.497 e. The number of nitro groups is 1. The number of hydrogen-bond donors (Lipinski definition) is 0. The molecule has 0 amide bonds. The Labute approximate surface area is 141 Å². The second-order valence-electron chi connectivity index (χ2n) is 5.38. The van der Waals surface area contributed by atoms with Crippen LogP contribution < -0.4 is 9.47 Å². The zero-order chi connectivity index (χ0) is 17.4.